The lowest BCUT2D eigenvalue weighted by atomic mass is 9.73. The van der Waals surface area contributed by atoms with Gasteiger partial charge < -0.3 is 16.0 Å². The molecule has 0 aliphatic heterocycles. The van der Waals surface area contributed by atoms with Crippen LogP contribution in [0.2, 0.25) is 0 Å². The summed E-state index contributed by atoms with van der Waals surface area (Å²) >= 11 is 0. The minimum atomic E-state index is -0.377. The SMILES string of the molecule is CN(C)c1ccccc1NC(=O)C1(CN)CCCCC1. The van der Waals surface area contributed by atoms with Crippen molar-refractivity contribution in [1.29, 1.82) is 0 Å². The molecule has 0 bridgehead atoms. The van der Waals surface area contributed by atoms with E-state index in [2.05, 4.69) is 5.32 Å². The number of nitrogens with one attached hydrogen (secondary N) is 1. The molecule has 0 radical (unpaired) electrons. The molecular weight excluding hydrogens is 250 g/mol. The van der Waals surface area contributed by atoms with Gasteiger partial charge >= 0.3 is 0 Å². The van der Waals surface area contributed by atoms with Crippen LogP contribution in [0.25, 0.3) is 0 Å². The van der Waals surface area contributed by atoms with Gasteiger partial charge in [0, 0.05) is 20.6 Å². The van der Waals surface area contributed by atoms with E-state index in [0.717, 1.165) is 37.1 Å². The molecule has 1 aliphatic rings. The lowest BCUT2D eigenvalue weighted by Crippen LogP contribution is -2.44. The highest BCUT2D eigenvalue weighted by Gasteiger charge is 2.38. The van der Waals surface area contributed by atoms with E-state index < -0.39 is 0 Å². The number of carbonyl (C=O) groups excluding carboxylic acids is 1. The third-order valence-electron chi connectivity index (χ3n) is 4.32. The van der Waals surface area contributed by atoms with E-state index in [1.165, 1.54) is 6.42 Å². The van der Waals surface area contributed by atoms with Crippen LogP contribution < -0.4 is 16.0 Å². The van der Waals surface area contributed by atoms with Gasteiger partial charge in [0.25, 0.3) is 0 Å². The van der Waals surface area contributed by atoms with Crippen LogP contribution in [-0.4, -0.2) is 26.5 Å². The second-order valence-corrected chi connectivity index (χ2v) is 5.91. The number of amides is 1. The Morgan fingerprint density at radius 1 is 1.25 bits per heavy atom. The van der Waals surface area contributed by atoms with E-state index in [1.807, 2.05) is 43.3 Å². The van der Waals surface area contributed by atoms with Crippen molar-refractivity contribution in [3.05, 3.63) is 24.3 Å². The highest BCUT2D eigenvalue weighted by Crippen LogP contribution is 2.37. The second-order valence-electron chi connectivity index (χ2n) is 5.91. The number of para-hydroxylation sites is 2. The van der Waals surface area contributed by atoms with Gasteiger partial charge in [0.05, 0.1) is 16.8 Å². The average molecular weight is 275 g/mol. The maximum Gasteiger partial charge on any atom is 0.231 e. The van der Waals surface area contributed by atoms with Crippen molar-refractivity contribution in [3.8, 4) is 0 Å². The van der Waals surface area contributed by atoms with Gasteiger partial charge in [-0.05, 0) is 25.0 Å². The van der Waals surface area contributed by atoms with Gasteiger partial charge in [-0.2, -0.15) is 0 Å². The fourth-order valence-electron chi connectivity index (χ4n) is 2.98. The summed E-state index contributed by atoms with van der Waals surface area (Å²) in [5, 5.41) is 3.09. The monoisotopic (exact) mass is 275 g/mol. The summed E-state index contributed by atoms with van der Waals surface area (Å²) < 4.78 is 0. The van der Waals surface area contributed by atoms with E-state index >= 15 is 0 Å². The summed E-state index contributed by atoms with van der Waals surface area (Å²) in [7, 11) is 3.95. The summed E-state index contributed by atoms with van der Waals surface area (Å²) in [5.41, 5.74) is 7.42. The summed E-state index contributed by atoms with van der Waals surface area (Å²) in [6, 6.07) is 7.87. The molecule has 4 nitrogen and oxygen atoms in total. The Morgan fingerprint density at radius 2 is 1.90 bits per heavy atom. The summed E-state index contributed by atoms with van der Waals surface area (Å²) in [6.45, 7) is 0.433. The summed E-state index contributed by atoms with van der Waals surface area (Å²) in [5.74, 6) is 0.0778. The van der Waals surface area contributed by atoms with E-state index in [-0.39, 0.29) is 11.3 Å². The van der Waals surface area contributed by atoms with Gasteiger partial charge in [-0.15, -0.1) is 0 Å². The molecule has 3 N–H and O–H groups in total. The van der Waals surface area contributed by atoms with E-state index in [1.54, 1.807) is 0 Å². The molecule has 0 spiro atoms. The van der Waals surface area contributed by atoms with Gasteiger partial charge in [0.15, 0.2) is 0 Å². The van der Waals surface area contributed by atoms with Crippen LogP contribution in [0.5, 0.6) is 0 Å². The van der Waals surface area contributed by atoms with Gasteiger partial charge in [0.2, 0.25) is 5.91 Å². The largest absolute Gasteiger partial charge is 0.376 e. The first-order chi connectivity index (χ1) is 9.59. The van der Waals surface area contributed by atoms with Crippen molar-refractivity contribution in [2.75, 3.05) is 30.9 Å². The molecule has 0 atom stereocenters. The van der Waals surface area contributed by atoms with E-state index in [0.29, 0.717) is 6.54 Å². The first-order valence-electron chi connectivity index (χ1n) is 7.37. The van der Waals surface area contributed by atoms with Crippen LogP contribution in [0, 0.1) is 5.41 Å². The molecule has 0 saturated heterocycles. The zero-order valence-corrected chi connectivity index (χ0v) is 12.5. The predicted molar refractivity (Wildman–Crippen MR) is 84.0 cm³/mol. The molecule has 1 aromatic rings. The Morgan fingerprint density at radius 3 is 2.50 bits per heavy atom. The minimum absolute atomic E-state index is 0.0778. The zero-order valence-electron chi connectivity index (χ0n) is 12.5. The van der Waals surface area contributed by atoms with Crippen LogP contribution in [0.1, 0.15) is 32.1 Å². The van der Waals surface area contributed by atoms with Crippen LogP contribution in [-0.2, 0) is 4.79 Å². The Hall–Kier alpha value is -1.55. The van der Waals surface area contributed by atoms with E-state index in [4.69, 9.17) is 5.73 Å². The second kappa shape index (κ2) is 6.27. The highest BCUT2D eigenvalue weighted by molar-refractivity contribution is 5.98. The first-order valence-corrected chi connectivity index (χ1v) is 7.37. The average Bonchev–Trinajstić information content (AvgIpc) is 2.48. The van der Waals surface area contributed by atoms with Gasteiger partial charge in [-0.1, -0.05) is 31.4 Å². The molecule has 20 heavy (non-hydrogen) atoms. The molecule has 1 aliphatic carbocycles. The number of nitrogens with two attached hydrogens (primary N) is 1. The van der Waals surface area contributed by atoms with Crippen molar-refractivity contribution >= 4 is 17.3 Å². The van der Waals surface area contributed by atoms with Gasteiger partial charge in [0.1, 0.15) is 0 Å². The topological polar surface area (TPSA) is 58.4 Å². The molecule has 0 heterocycles. The van der Waals surface area contributed by atoms with Gasteiger partial charge in [-0.25, -0.2) is 0 Å². The van der Waals surface area contributed by atoms with Crippen molar-refractivity contribution in [2.45, 2.75) is 32.1 Å². The van der Waals surface area contributed by atoms with Crippen molar-refractivity contribution in [1.82, 2.24) is 0 Å². The normalized spacial score (nSPS) is 17.6. The Balaban J connectivity index is 2.18. The maximum atomic E-state index is 12.7. The maximum absolute atomic E-state index is 12.7. The molecule has 110 valence electrons. The molecule has 2 rings (SSSR count). The van der Waals surface area contributed by atoms with Crippen LogP contribution >= 0.6 is 0 Å². The van der Waals surface area contributed by atoms with Gasteiger partial charge in [-0.3, -0.25) is 4.79 Å². The van der Waals surface area contributed by atoms with Crippen molar-refractivity contribution in [3.63, 3.8) is 0 Å². The third kappa shape index (κ3) is 2.96. The Labute approximate surface area is 121 Å². The molecule has 1 fully saturated rings. The fourth-order valence-corrected chi connectivity index (χ4v) is 2.98. The Kier molecular flexibility index (Phi) is 4.65. The Bertz CT molecular complexity index is 465. The number of nitrogens with zero attached hydrogens (tertiary/aromatic N) is 1. The molecule has 4 heteroatoms. The fraction of sp³-hybridized carbons (Fsp3) is 0.562. The number of hydrogen-bond donors (Lipinski definition) is 2. The number of carbonyl (C=O) groups is 1. The van der Waals surface area contributed by atoms with Crippen molar-refractivity contribution in [2.24, 2.45) is 11.1 Å². The minimum Gasteiger partial charge on any atom is -0.376 e. The quantitative estimate of drug-likeness (QED) is 0.888. The molecular formula is C16H25N3O. The number of benzene rings is 1. The number of rotatable bonds is 4. The van der Waals surface area contributed by atoms with Crippen LogP contribution in [0.3, 0.4) is 0 Å². The summed E-state index contributed by atoms with van der Waals surface area (Å²) in [6.07, 6.45) is 5.21. The third-order valence-corrected chi connectivity index (χ3v) is 4.32. The molecule has 0 aromatic heterocycles. The van der Waals surface area contributed by atoms with Crippen LogP contribution in [0.15, 0.2) is 24.3 Å². The number of anilines is 2. The van der Waals surface area contributed by atoms with Crippen LogP contribution in [0.4, 0.5) is 11.4 Å². The molecule has 1 saturated carbocycles. The lowest BCUT2D eigenvalue weighted by molar-refractivity contribution is -0.126. The summed E-state index contributed by atoms with van der Waals surface area (Å²) in [4.78, 5) is 14.7. The lowest BCUT2D eigenvalue weighted by Gasteiger charge is -2.35. The zero-order chi connectivity index (χ0) is 14.6. The molecule has 1 aromatic carbocycles. The van der Waals surface area contributed by atoms with Crippen molar-refractivity contribution < 1.29 is 4.79 Å². The number of hydrogen-bond acceptors (Lipinski definition) is 3. The highest BCUT2D eigenvalue weighted by atomic mass is 16.2. The molecule has 1 amide bonds. The smallest absolute Gasteiger partial charge is 0.231 e. The standard InChI is InChI=1S/C16H25N3O/c1-19(2)14-9-5-4-8-13(14)18-15(20)16(12-17)10-6-3-7-11-16/h4-5,8-9H,3,6-7,10-12,17H2,1-2H3,(H,18,20). The first kappa shape index (κ1) is 14.9. The van der Waals surface area contributed by atoms with E-state index in [9.17, 15) is 4.79 Å². The molecule has 0 unspecified atom stereocenters. The predicted octanol–water partition coefficient (Wildman–Crippen LogP) is 2.60.